The minimum atomic E-state index is 0.309. The van der Waals surface area contributed by atoms with Crippen LogP contribution in [0.4, 0.5) is 0 Å². The molecule has 0 heterocycles. The van der Waals surface area contributed by atoms with Crippen molar-refractivity contribution >= 4 is 46.4 Å². The summed E-state index contributed by atoms with van der Waals surface area (Å²) in [4.78, 5) is 0. The van der Waals surface area contributed by atoms with Crippen molar-refractivity contribution in [1.29, 1.82) is 0 Å². The van der Waals surface area contributed by atoms with E-state index < -0.39 is 0 Å². The van der Waals surface area contributed by atoms with Crippen LogP contribution in [0.2, 0.25) is 20.1 Å². The SMILES string of the molecule is COc1ccc(-c2c(Cl)c(Cl)cc(Cl)c2Cl)c(CN)c1. The number of ether oxygens (including phenoxy) is 1. The average molecular weight is 351 g/mol. The second-order valence-corrected chi connectivity index (χ2v) is 5.64. The summed E-state index contributed by atoms with van der Waals surface area (Å²) in [6, 6.07) is 6.98. The van der Waals surface area contributed by atoms with E-state index in [-0.39, 0.29) is 0 Å². The number of hydrogen-bond donors (Lipinski definition) is 1. The van der Waals surface area contributed by atoms with Crippen molar-refractivity contribution in [2.45, 2.75) is 6.54 Å². The molecule has 2 rings (SSSR count). The van der Waals surface area contributed by atoms with Gasteiger partial charge in [-0.3, -0.25) is 0 Å². The van der Waals surface area contributed by atoms with Crippen LogP contribution in [0, 0.1) is 0 Å². The number of rotatable bonds is 3. The third-order valence-electron chi connectivity index (χ3n) is 2.91. The third-order valence-corrected chi connectivity index (χ3v) is 4.49. The van der Waals surface area contributed by atoms with Crippen LogP contribution < -0.4 is 10.5 Å². The first-order valence-electron chi connectivity index (χ1n) is 5.70. The standard InChI is InChI=1S/C14H11Cl4NO/c1-20-8-2-3-9(7(4-8)6-19)12-13(17)10(15)5-11(16)14(12)18/h2-5H,6,19H2,1H3. The van der Waals surface area contributed by atoms with Gasteiger partial charge in [0.15, 0.2) is 0 Å². The van der Waals surface area contributed by atoms with Crippen LogP contribution in [0.5, 0.6) is 5.75 Å². The molecule has 0 amide bonds. The van der Waals surface area contributed by atoms with Crippen LogP contribution in [0.15, 0.2) is 24.3 Å². The van der Waals surface area contributed by atoms with Crippen molar-refractivity contribution in [3.05, 3.63) is 49.9 Å². The summed E-state index contributed by atoms with van der Waals surface area (Å²) in [5.74, 6) is 0.703. The Hall–Kier alpha value is -0.640. The van der Waals surface area contributed by atoms with Gasteiger partial charge in [0, 0.05) is 12.1 Å². The highest BCUT2D eigenvalue weighted by molar-refractivity contribution is 6.50. The van der Waals surface area contributed by atoms with Gasteiger partial charge in [-0.1, -0.05) is 52.5 Å². The second kappa shape index (κ2) is 6.42. The van der Waals surface area contributed by atoms with Crippen LogP contribution >= 0.6 is 46.4 Å². The van der Waals surface area contributed by atoms with Gasteiger partial charge in [-0.25, -0.2) is 0 Å². The molecule has 0 radical (unpaired) electrons. The van der Waals surface area contributed by atoms with Crippen LogP contribution in [-0.2, 0) is 6.54 Å². The van der Waals surface area contributed by atoms with Crippen LogP contribution in [0.3, 0.4) is 0 Å². The normalized spacial score (nSPS) is 10.7. The summed E-state index contributed by atoms with van der Waals surface area (Å²) in [6.07, 6.45) is 0. The van der Waals surface area contributed by atoms with Gasteiger partial charge in [-0.15, -0.1) is 0 Å². The fourth-order valence-electron chi connectivity index (χ4n) is 1.92. The Morgan fingerprint density at radius 1 is 1.00 bits per heavy atom. The van der Waals surface area contributed by atoms with E-state index in [4.69, 9.17) is 56.9 Å². The van der Waals surface area contributed by atoms with Gasteiger partial charge in [-0.2, -0.15) is 0 Å². The summed E-state index contributed by atoms with van der Waals surface area (Å²) in [5.41, 5.74) is 7.98. The fraction of sp³-hybridized carbons (Fsp3) is 0.143. The molecule has 0 fully saturated rings. The smallest absolute Gasteiger partial charge is 0.119 e. The van der Waals surface area contributed by atoms with Gasteiger partial charge in [-0.05, 0) is 29.3 Å². The summed E-state index contributed by atoms with van der Waals surface area (Å²) >= 11 is 24.6. The molecule has 2 aromatic carbocycles. The van der Waals surface area contributed by atoms with Crippen molar-refractivity contribution in [2.24, 2.45) is 5.73 Å². The maximum absolute atomic E-state index is 6.26. The molecule has 0 aromatic heterocycles. The monoisotopic (exact) mass is 349 g/mol. The largest absolute Gasteiger partial charge is 0.497 e. The molecular weight excluding hydrogens is 340 g/mol. The number of halogens is 4. The Balaban J connectivity index is 2.74. The zero-order valence-corrected chi connectivity index (χ0v) is 13.5. The maximum Gasteiger partial charge on any atom is 0.119 e. The molecule has 2 aromatic rings. The summed E-state index contributed by atoms with van der Waals surface area (Å²) in [7, 11) is 1.59. The lowest BCUT2D eigenvalue weighted by Gasteiger charge is -2.15. The van der Waals surface area contributed by atoms with Gasteiger partial charge in [0.25, 0.3) is 0 Å². The molecule has 20 heavy (non-hydrogen) atoms. The van der Waals surface area contributed by atoms with Gasteiger partial charge in [0.05, 0.1) is 27.2 Å². The Labute approximate surface area is 137 Å². The minimum absolute atomic E-state index is 0.309. The Morgan fingerprint density at radius 2 is 1.60 bits per heavy atom. The third kappa shape index (κ3) is 2.85. The highest BCUT2D eigenvalue weighted by Gasteiger charge is 2.18. The topological polar surface area (TPSA) is 35.2 Å². The van der Waals surface area contributed by atoms with Crippen molar-refractivity contribution < 1.29 is 4.74 Å². The van der Waals surface area contributed by atoms with Crippen LogP contribution in [-0.4, -0.2) is 7.11 Å². The van der Waals surface area contributed by atoms with E-state index in [2.05, 4.69) is 0 Å². The molecular formula is C14H11Cl4NO. The molecule has 0 saturated carbocycles. The first-order chi connectivity index (χ1) is 9.49. The number of nitrogens with two attached hydrogens (primary N) is 1. The van der Waals surface area contributed by atoms with E-state index in [1.54, 1.807) is 13.2 Å². The van der Waals surface area contributed by atoms with Crippen molar-refractivity contribution in [1.82, 2.24) is 0 Å². The predicted octanol–water partition coefficient (Wildman–Crippen LogP) is 5.43. The molecule has 0 bridgehead atoms. The first-order valence-corrected chi connectivity index (χ1v) is 7.21. The number of methoxy groups -OCH3 is 1. The molecule has 0 aliphatic rings. The number of benzene rings is 2. The Morgan fingerprint density at radius 3 is 2.10 bits per heavy atom. The Kier molecular flexibility index (Phi) is 5.05. The van der Waals surface area contributed by atoms with Crippen molar-refractivity contribution in [3.8, 4) is 16.9 Å². The Bertz CT molecular complexity index is 632. The predicted molar refractivity (Wildman–Crippen MR) is 86.4 cm³/mol. The molecule has 0 saturated heterocycles. The molecule has 2 N–H and O–H groups in total. The molecule has 0 spiro atoms. The quantitative estimate of drug-likeness (QED) is 0.748. The molecule has 0 atom stereocenters. The van der Waals surface area contributed by atoms with E-state index >= 15 is 0 Å². The average Bonchev–Trinajstić information content (AvgIpc) is 2.45. The van der Waals surface area contributed by atoms with Crippen LogP contribution in [0.25, 0.3) is 11.1 Å². The van der Waals surface area contributed by atoms with E-state index in [9.17, 15) is 0 Å². The maximum atomic E-state index is 6.26. The van der Waals surface area contributed by atoms with Crippen molar-refractivity contribution in [3.63, 3.8) is 0 Å². The van der Waals surface area contributed by atoms with E-state index in [1.165, 1.54) is 6.07 Å². The van der Waals surface area contributed by atoms with Gasteiger partial charge < -0.3 is 10.5 Å². The van der Waals surface area contributed by atoms with Gasteiger partial charge in [0.1, 0.15) is 5.75 Å². The van der Waals surface area contributed by atoms with E-state index in [0.717, 1.165) is 11.1 Å². The summed E-state index contributed by atoms with van der Waals surface area (Å²) in [6.45, 7) is 0.309. The molecule has 2 nitrogen and oxygen atoms in total. The summed E-state index contributed by atoms with van der Waals surface area (Å²) in [5, 5.41) is 1.38. The fourth-order valence-corrected chi connectivity index (χ4v) is 2.93. The molecule has 0 aliphatic carbocycles. The van der Waals surface area contributed by atoms with Crippen LogP contribution in [0.1, 0.15) is 5.56 Å². The second-order valence-electron chi connectivity index (χ2n) is 4.07. The lowest BCUT2D eigenvalue weighted by molar-refractivity contribution is 0.414. The molecule has 106 valence electrons. The zero-order chi connectivity index (χ0) is 14.9. The molecule has 0 unspecified atom stereocenters. The lowest BCUT2D eigenvalue weighted by Crippen LogP contribution is -2.00. The van der Waals surface area contributed by atoms with E-state index in [1.807, 2.05) is 12.1 Å². The van der Waals surface area contributed by atoms with Gasteiger partial charge >= 0.3 is 0 Å². The number of hydrogen-bond acceptors (Lipinski definition) is 2. The van der Waals surface area contributed by atoms with Crippen molar-refractivity contribution in [2.75, 3.05) is 7.11 Å². The molecule has 6 heteroatoms. The lowest BCUT2D eigenvalue weighted by atomic mass is 9.99. The highest BCUT2D eigenvalue weighted by atomic mass is 35.5. The summed E-state index contributed by atoms with van der Waals surface area (Å²) < 4.78 is 5.18. The minimum Gasteiger partial charge on any atom is -0.497 e. The molecule has 0 aliphatic heterocycles. The highest BCUT2D eigenvalue weighted by Crippen LogP contribution is 2.44. The van der Waals surface area contributed by atoms with E-state index in [0.29, 0.717) is 37.9 Å². The first kappa shape index (κ1) is 15.7. The van der Waals surface area contributed by atoms with Gasteiger partial charge in [0.2, 0.25) is 0 Å². The zero-order valence-electron chi connectivity index (χ0n) is 10.5.